The van der Waals surface area contributed by atoms with Gasteiger partial charge in [0.25, 0.3) is 11.8 Å². The first-order valence-corrected chi connectivity index (χ1v) is 12.9. The third-order valence-corrected chi connectivity index (χ3v) is 8.10. The van der Waals surface area contributed by atoms with E-state index in [0.29, 0.717) is 49.7 Å². The van der Waals surface area contributed by atoms with Gasteiger partial charge in [0, 0.05) is 43.4 Å². The van der Waals surface area contributed by atoms with Gasteiger partial charge in [0.1, 0.15) is 12.1 Å². The summed E-state index contributed by atoms with van der Waals surface area (Å²) in [6, 6.07) is 11.7. The highest BCUT2D eigenvalue weighted by Crippen LogP contribution is 2.39. The maximum absolute atomic E-state index is 13.9. The molecule has 2 aromatic heterocycles. The van der Waals surface area contributed by atoms with Crippen LogP contribution < -0.4 is 4.90 Å². The summed E-state index contributed by atoms with van der Waals surface area (Å²) in [5.74, 6) is 0.386. The number of hydrogen-bond donors (Lipinski definition) is 1. The fraction of sp³-hybridized carbons (Fsp3) is 0.444. The topological polar surface area (TPSA) is 106 Å². The Kier molecular flexibility index (Phi) is 5.81. The molecule has 3 fully saturated rings. The molecule has 1 unspecified atom stereocenters. The molecule has 3 saturated heterocycles. The molecule has 1 spiro atoms. The minimum atomic E-state index is -0.774. The van der Waals surface area contributed by atoms with E-state index in [-0.39, 0.29) is 24.3 Å². The number of aromatic nitrogens is 3. The number of nitrogens with zero attached hydrogens (tertiary/aromatic N) is 6. The third kappa shape index (κ3) is 4.10. The Morgan fingerprint density at radius 1 is 1.08 bits per heavy atom. The lowest BCUT2D eigenvalue weighted by Gasteiger charge is -2.43. The maximum atomic E-state index is 13.9. The number of pyridine rings is 1. The fourth-order valence-electron chi connectivity index (χ4n) is 5.96. The lowest BCUT2D eigenvalue weighted by molar-refractivity contribution is -0.140. The molecule has 5 heterocycles. The zero-order chi connectivity index (χ0) is 25.6. The van der Waals surface area contributed by atoms with Crippen molar-refractivity contribution in [1.29, 1.82) is 0 Å². The molecule has 1 atom stereocenters. The van der Waals surface area contributed by atoms with Gasteiger partial charge in [-0.25, -0.2) is 4.98 Å². The molecule has 0 bridgehead atoms. The van der Waals surface area contributed by atoms with Crippen molar-refractivity contribution >= 4 is 34.4 Å². The van der Waals surface area contributed by atoms with Crippen LogP contribution in [0.15, 0.2) is 48.8 Å². The molecular formula is C27H31N7O3. The van der Waals surface area contributed by atoms with Gasteiger partial charge >= 0.3 is 0 Å². The van der Waals surface area contributed by atoms with Gasteiger partial charge in [0.2, 0.25) is 5.91 Å². The number of carbonyl (C=O) groups excluding carboxylic acids is 3. The van der Waals surface area contributed by atoms with Crippen molar-refractivity contribution in [2.24, 2.45) is 5.92 Å². The lowest BCUT2D eigenvalue weighted by atomic mass is 9.85. The number of hydrogen-bond acceptors (Lipinski definition) is 6. The van der Waals surface area contributed by atoms with Gasteiger partial charge in [0.15, 0.2) is 5.65 Å². The maximum Gasteiger partial charge on any atom is 0.255 e. The Morgan fingerprint density at radius 2 is 1.86 bits per heavy atom. The summed E-state index contributed by atoms with van der Waals surface area (Å²) in [5, 5.41) is 7.56. The predicted molar refractivity (Wildman–Crippen MR) is 138 cm³/mol. The summed E-state index contributed by atoms with van der Waals surface area (Å²) in [6.07, 6.45) is 5.22. The average molecular weight is 502 g/mol. The molecule has 0 saturated carbocycles. The Morgan fingerprint density at radius 3 is 2.59 bits per heavy atom. The monoisotopic (exact) mass is 501 g/mol. The third-order valence-electron chi connectivity index (χ3n) is 8.10. The van der Waals surface area contributed by atoms with Gasteiger partial charge < -0.3 is 19.6 Å². The molecule has 0 radical (unpaired) electrons. The predicted octanol–water partition coefficient (Wildman–Crippen LogP) is 2.11. The van der Waals surface area contributed by atoms with E-state index in [2.05, 4.69) is 27.0 Å². The second-order valence-corrected chi connectivity index (χ2v) is 10.5. The van der Waals surface area contributed by atoms with E-state index in [1.165, 1.54) is 0 Å². The standard InChI is InChI=1S/C27H31N7O3/c1-19-7-10-32(16-19)23(35)17-33-18-34(22-5-3-2-4-6-22)27(26(33)37)8-11-31(12-9-27)25(36)21-13-20-15-29-30-24(20)28-14-21/h2-6,13-15,19H,7-12,16-18H2,1H3,(H,28,29,30). The molecule has 1 aromatic carbocycles. The first-order valence-electron chi connectivity index (χ1n) is 12.9. The molecular weight excluding hydrogens is 470 g/mol. The van der Waals surface area contributed by atoms with Crippen molar-refractivity contribution in [1.82, 2.24) is 29.9 Å². The normalized spacial score (nSPS) is 21.4. The summed E-state index contributed by atoms with van der Waals surface area (Å²) in [7, 11) is 0. The van der Waals surface area contributed by atoms with Crippen molar-refractivity contribution in [3.8, 4) is 0 Å². The molecule has 3 aliphatic rings. The number of nitrogens with one attached hydrogen (secondary N) is 1. The molecule has 3 amide bonds. The smallest absolute Gasteiger partial charge is 0.255 e. The number of likely N-dealkylation sites (tertiary alicyclic amines) is 2. The quantitative estimate of drug-likeness (QED) is 0.587. The minimum Gasteiger partial charge on any atom is -0.341 e. The summed E-state index contributed by atoms with van der Waals surface area (Å²) >= 11 is 0. The number of piperidine rings is 1. The van der Waals surface area contributed by atoms with Crippen LogP contribution in [0.5, 0.6) is 0 Å². The zero-order valence-corrected chi connectivity index (χ0v) is 21.0. The molecule has 1 N–H and O–H groups in total. The molecule has 192 valence electrons. The summed E-state index contributed by atoms with van der Waals surface area (Å²) < 4.78 is 0. The van der Waals surface area contributed by atoms with E-state index in [0.717, 1.165) is 30.6 Å². The van der Waals surface area contributed by atoms with Crippen LogP contribution in [0.2, 0.25) is 0 Å². The van der Waals surface area contributed by atoms with Crippen molar-refractivity contribution in [2.75, 3.05) is 44.3 Å². The first-order chi connectivity index (χ1) is 17.9. The number of aromatic amines is 1. The highest BCUT2D eigenvalue weighted by molar-refractivity contribution is 5.98. The number of rotatable bonds is 4. The summed E-state index contributed by atoms with van der Waals surface area (Å²) in [4.78, 5) is 52.0. The van der Waals surface area contributed by atoms with Crippen LogP contribution in [0.25, 0.3) is 11.0 Å². The molecule has 3 aromatic rings. The Hall–Kier alpha value is -3.95. The highest BCUT2D eigenvalue weighted by atomic mass is 16.2. The summed E-state index contributed by atoms with van der Waals surface area (Å²) in [6.45, 7) is 5.02. The van der Waals surface area contributed by atoms with Gasteiger partial charge in [-0.2, -0.15) is 5.10 Å². The number of anilines is 1. The molecule has 10 nitrogen and oxygen atoms in total. The number of H-pyrrole nitrogens is 1. The SMILES string of the molecule is CC1CCN(C(=O)CN2CN(c3ccccc3)C3(CCN(C(=O)c4cnc5[nH]ncc5c4)CC3)C2=O)C1. The molecule has 6 rings (SSSR count). The van der Waals surface area contributed by atoms with E-state index >= 15 is 0 Å². The Bertz CT molecular complexity index is 1330. The average Bonchev–Trinajstić information content (AvgIpc) is 3.64. The fourth-order valence-corrected chi connectivity index (χ4v) is 5.96. The second-order valence-electron chi connectivity index (χ2n) is 10.5. The van der Waals surface area contributed by atoms with E-state index in [9.17, 15) is 14.4 Å². The highest BCUT2D eigenvalue weighted by Gasteiger charge is 2.54. The Balaban J connectivity index is 1.21. The zero-order valence-electron chi connectivity index (χ0n) is 21.0. The van der Waals surface area contributed by atoms with Gasteiger partial charge in [-0.1, -0.05) is 25.1 Å². The number of amides is 3. The van der Waals surface area contributed by atoms with Crippen LogP contribution in [-0.2, 0) is 9.59 Å². The number of carbonyl (C=O) groups is 3. The van der Waals surface area contributed by atoms with Crippen molar-refractivity contribution in [2.45, 2.75) is 31.7 Å². The van der Waals surface area contributed by atoms with E-state index < -0.39 is 5.54 Å². The second kappa shape index (κ2) is 9.17. The molecule has 3 aliphatic heterocycles. The molecule has 10 heteroatoms. The molecule has 37 heavy (non-hydrogen) atoms. The van der Waals surface area contributed by atoms with E-state index in [4.69, 9.17) is 0 Å². The van der Waals surface area contributed by atoms with Crippen LogP contribution in [0.4, 0.5) is 5.69 Å². The van der Waals surface area contributed by atoms with Crippen LogP contribution in [-0.4, -0.2) is 92.5 Å². The largest absolute Gasteiger partial charge is 0.341 e. The van der Waals surface area contributed by atoms with Crippen LogP contribution in [0, 0.1) is 5.92 Å². The Labute approximate surface area is 215 Å². The number of benzene rings is 1. The van der Waals surface area contributed by atoms with Crippen molar-refractivity contribution in [3.05, 3.63) is 54.4 Å². The number of fused-ring (bicyclic) bond motifs is 1. The van der Waals surface area contributed by atoms with Gasteiger partial charge in [-0.15, -0.1) is 0 Å². The van der Waals surface area contributed by atoms with Crippen molar-refractivity contribution < 1.29 is 14.4 Å². The van der Waals surface area contributed by atoms with Crippen LogP contribution >= 0.6 is 0 Å². The molecule has 0 aliphatic carbocycles. The first kappa shape index (κ1) is 23.4. The van der Waals surface area contributed by atoms with Crippen LogP contribution in [0.1, 0.15) is 36.5 Å². The minimum absolute atomic E-state index is 0.0116. The van der Waals surface area contributed by atoms with E-state index in [1.54, 1.807) is 28.3 Å². The van der Waals surface area contributed by atoms with Crippen LogP contribution in [0.3, 0.4) is 0 Å². The van der Waals surface area contributed by atoms with Gasteiger partial charge in [-0.3, -0.25) is 19.5 Å². The van der Waals surface area contributed by atoms with Crippen molar-refractivity contribution in [3.63, 3.8) is 0 Å². The van der Waals surface area contributed by atoms with Gasteiger partial charge in [0.05, 0.1) is 18.4 Å². The lowest BCUT2D eigenvalue weighted by Crippen LogP contribution is -2.57. The summed E-state index contributed by atoms with van der Waals surface area (Å²) in [5.41, 5.74) is 1.33. The number of para-hydroxylation sites is 1. The van der Waals surface area contributed by atoms with E-state index in [1.807, 2.05) is 35.2 Å². The van der Waals surface area contributed by atoms with Gasteiger partial charge in [-0.05, 0) is 43.4 Å².